The summed E-state index contributed by atoms with van der Waals surface area (Å²) in [7, 11) is 0. The van der Waals surface area contributed by atoms with Crippen molar-refractivity contribution in [3.8, 4) is 11.6 Å². The first-order chi connectivity index (χ1) is 9.50. The minimum atomic E-state index is -0.776. The van der Waals surface area contributed by atoms with E-state index in [-0.39, 0.29) is 17.3 Å². The van der Waals surface area contributed by atoms with Crippen molar-refractivity contribution in [3.63, 3.8) is 0 Å². The van der Waals surface area contributed by atoms with Crippen molar-refractivity contribution in [1.29, 1.82) is 0 Å². The Kier molecular flexibility index (Phi) is 3.95. The number of aromatic nitrogens is 1. The van der Waals surface area contributed by atoms with Crippen LogP contribution in [0.25, 0.3) is 0 Å². The van der Waals surface area contributed by atoms with Crippen molar-refractivity contribution >= 4 is 5.69 Å². The van der Waals surface area contributed by atoms with E-state index in [1.807, 2.05) is 0 Å². The molecule has 1 N–H and O–H groups in total. The number of para-hydroxylation sites is 1. The lowest BCUT2D eigenvalue weighted by Crippen LogP contribution is -2.01. The van der Waals surface area contributed by atoms with E-state index in [2.05, 4.69) is 4.98 Å². The molecular formula is C14H14N2O4. The lowest BCUT2D eigenvalue weighted by molar-refractivity contribution is -0.385. The Balaban J connectivity index is 2.48. The number of aliphatic hydroxyl groups excluding tert-OH is 1. The Labute approximate surface area is 115 Å². The minimum Gasteiger partial charge on any atom is -0.431 e. The summed E-state index contributed by atoms with van der Waals surface area (Å²) < 4.78 is 5.58. The minimum absolute atomic E-state index is 0.132. The van der Waals surface area contributed by atoms with E-state index in [0.29, 0.717) is 11.1 Å². The Bertz CT molecular complexity index is 641. The molecule has 0 spiro atoms. The Morgan fingerprint density at radius 1 is 1.35 bits per heavy atom. The number of ether oxygens (including phenoxy) is 1. The zero-order valence-electron chi connectivity index (χ0n) is 11.1. The van der Waals surface area contributed by atoms with Gasteiger partial charge in [-0.2, -0.15) is 0 Å². The lowest BCUT2D eigenvalue weighted by Gasteiger charge is -2.13. The van der Waals surface area contributed by atoms with Gasteiger partial charge in [-0.25, -0.2) is 4.98 Å². The summed E-state index contributed by atoms with van der Waals surface area (Å²) in [5.41, 5.74) is 0.971. The van der Waals surface area contributed by atoms with Crippen molar-refractivity contribution in [3.05, 3.63) is 57.8 Å². The number of nitro benzene ring substituents is 1. The first-order valence-electron chi connectivity index (χ1n) is 6.05. The Morgan fingerprint density at radius 2 is 2.10 bits per heavy atom. The molecule has 0 saturated carbocycles. The monoisotopic (exact) mass is 274 g/mol. The van der Waals surface area contributed by atoms with Gasteiger partial charge in [-0.3, -0.25) is 10.1 Å². The molecule has 0 bridgehead atoms. The van der Waals surface area contributed by atoms with Crippen molar-refractivity contribution in [1.82, 2.24) is 4.98 Å². The largest absolute Gasteiger partial charge is 0.431 e. The van der Waals surface area contributed by atoms with Crippen molar-refractivity contribution < 1.29 is 14.8 Å². The first kappa shape index (κ1) is 14.0. The summed E-state index contributed by atoms with van der Waals surface area (Å²) in [6, 6.07) is 8.01. The standard InChI is InChI=1S/C14H14N2O4/c1-9-5-3-7-12(16(18)19)13(9)20-14-11(10(2)17)6-4-8-15-14/h3-8,10,17H,1-2H3. The maximum atomic E-state index is 11.0. The van der Waals surface area contributed by atoms with Crippen molar-refractivity contribution in [2.45, 2.75) is 20.0 Å². The summed E-state index contributed by atoms with van der Waals surface area (Å²) in [5.74, 6) is 0.304. The van der Waals surface area contributed by atoms with Gasteiger partial charge in [0, 0.05) is 17.8 Å². The van der Waals surface area contributed by atoms with Crippen molar-refractivity contribution in [2.75, 3.05) is 0 Å². The molecule has 0 aliphatic carbocycles. The number of hydrogen-bond donors (Lipinski definition) is 1. The van der Waals surface area contributed by atoms with Crippen LogP contribution in [0.1, 0.15) is 24.2 Å². The summed E-state index contributed by atoms with van der Waals surface area (Å²) in [4.78, 5) is 14.6. The topological polar surface area (TPSA) is 85.5 Å². The molecular weight excluding hydrogens is 260 g/mol. The molecule has 20 heavy (non-hydrogen) atoms. The van der Waals surface area contributed by atoms with Crippen LogP contribution in [-0.2, 0) is 0 Å². The van der Waals surface area contributed by atoms with E-state index in [9.17, 15) is 15.2 Å². The average molecular weight is 274 g/mol. The summed E-state index contributed by atoms with van der Waals surface area (Å²) >= 11 is 0. The Hall–Kier alpha value is -2.47. The lowest BCUT2D eigenvalue weighted by atomic mass is 10.1. The highest BCUT2D eigenvalue weighted by atomic mass is 16.6. The van der Waals surface area contributed by atoms with Crippen molar-refractivity contribution in [2.24, 2.45) is 0 Å². The van der Waals surface area contributed by atoms with Gasteiger partial charge in [-0.15, -0.1) is 0 Å². The molecule has 1 aromatic heterocycles. The van der Waals surface area contributed by atoms with E-state index in [4.69, 9.17) is 4.74 Å². The summed E-state index contributed by atoms with van der Waals surface area (Å²) in [6.07, 6.45) is 0.729. The van der Waals surface area contributed by atoms with Gasteiger partial charge in [0.2, 0.25) is 11.6 Å². The van der Waals surface area contributed by atoms with Crippen LogP contribution in [0.5, 0.6) is 11.6 Å². The van der Waals surface area contributed by atoms with Crippen LogP contribution in [-0.4, -0.2) is 15.0 Å². The second kappa shape index (κ2) is 5.66. The third-order valence-corrected chi connectivity index (χ3v) is 2.84. The van der Waals surface area contributed by atoms with E-state index < -0.39 is 11.0 Å². The molecule has 0 aliphatic rings. The zero-order chi connectivity index (χ0) is 14.7. The predicted octanol–water partition coefficient (Wildman–Crippen LogP) is 3.14. The molecule has 1 aromatic carbocycles. The van der Waals surface area contributed by atoms with E-state index in [1.165, 1.54) is 12.3 Å². The summed E-state index contributed by atoms with van der Waals surface area (Å²) in [6.45, 7) is 3.30. The van der Waals surface area contributed by atoms with E-state index >= 15 is 0 Å². The second-order valence-corrected chi connectivity index (χ2v) is 4.36. The molecule has 6 nitrogen and oxygen atoms in total. The first-order valence-corrected chi connectivity index (χ1v) is 6.05. The molecule has 0 saturated heterocycles. The third kappa shape index (κ3) is 2.75. The molecule has 0 aliphatic heterocycles. The van der Waals surface area contributed by atoms with Gasteiger partial charge in [-0.05, 0) is 31.5 Å². The van der Waals surface area contributed by atoms with E-state index in [0.717, 1.165) is 0 Å². The summed E-state index contributed by atoms with van der Waals surface area (Å²) in [5, 5.41) is 20.7. The SMILES string of the molecule is Cc1cccc([N+](=O)[O-])c1Oc1ncccc1C(C)O. The highest BCUT2D eigenvalue weighted by molar-refractivity contribution is 5.53. The molecule has 1 atom stereocenters. The smallest absolute Gasteiger partial charge is 0.311 e. The fraction of sp³-hybridized carbons (Fsp3) is 0.214. The maximum absolute atomic E-state index is 11.0. The molecule has 2 aromatic rings. The number of rotatable bonds is 4. The van der Waals surface area contributed by atoms with Crippen LogP contribution in [0, 0.1) is 17.0 Å². The van der Waals surface area contributed by atoms with E-state index in [1.54, 1.807) is 38.1 Å². The van der Waals surface area contributed by atoms with Gasteiger partial charge in [-0.1, -0.05) is 12.1 Å². The molecule has 104 valence electrons. The molecule has 6 heteroatoms. The number of benzene rings is 1. The Morgan fingerprint density at radius 3 is 2.75 bits per heavy atom. The maximum Gasteiger partial charge on any atom is 0.311 e. The zero-order valence-corrected chi connectivity index (χ0v) is 11.1. The number of nitrogens with zero attached hydrogens (tertiary/aromatic N) is 2. The van der Waals surface area contributed by atoms with Gasteiger partial charge < -0.3 is 9.84 Å². The van der Waals surface area contributed by atoms with Crippen LogP contribution in [0.15, 0.2) is 36.5 Å². The van der Waals surface area contributed by atoms with Gasteiger partial charge in [0.15, 0.2) is 0 Å². The van der Waals surface area contributed by atoms with Crippen LogP contribution < -0.4 is 4.74 Å². The average Bonchev–Trinajstić information content (AvgIpc) is 2.41. The number of pyridine rings is 1. The molecule has 0 radical (unpaired) electrons. The predicted molar refractivity (Wildman–Crippen MR) is 72.8 cm³/mol. The highest BCUT2D eigenvalue weighted by Gasteiger charge is 2.20. The molecule has 0 fully saturated rings. The number of aryl methyl sites for hydroxylation is 1. The second-order valence-electron chi connectivity index (χ2n) is 4.36. The molecule has 1 unspecified atom stereocenters. The van der Waals surface area contributed by atoms with Gasteiger partial charge in [0.25, 0.3) is 0 Å². The third-order valence-electron chi connectivity index (χ3n) is 2.84. The van der Waals surface area contributed by atoms with Crippen LogP contribution in [0.4, 0.5) is 5.69 Å². The van der Waals surface area contributed by atoms with Crippen LogP contribution in [0.2, 0.25) is 0 Å². The normalized spacial score (nSPS) is 11.9. The van der Waals surface area contributed by atoms with Crippen LogP contribution in [0.3, 0.4) is 0 Å². The molecule has 0 amide bonds. The molecule has 1 heterocycles. The quantitative estimate of drug-likeness (QED) is 0.683. The fourth-order valence-corrected chi connectivity index (χ4v) is 1.82. The molecule has 2 rings (SSSR count). The fourth-order valence-electron chi connectivity index (χ4n) is 1.82. The van der Waals surface area contributed by atoms with Gasteiger partial charge in [0.1, 0.15) is 0 Å². The number of hydrogen-bond acceptors (Lipinski definition) is 5. The number of aliphatic hydroxyl groups is 1. The van der Waals surface area contributed by atoms with Gasteiger partial charge >= 0.3 is 5.69 Å². The van der Waals surface area contributed by atoms with Gasteiger partial charge in [0.05, 0.1) is 11.0 Å². The highest BCUT2D eigenvalue weighted by Crippen LogP contribution is 2.35. The number of nitro groups is 1. The van der Waals surface area contributed by atoms with Crippen LogP contribution >= 0.6 is 0 Å².